The SMILES string of the molecule is C=Cc1ccc(NC(CCC(=O)O)C(=O)O)cc1. The number of aliphatic carboxylic acids is 2. The summed E-state index contributed by atoms with van der Waals surface area (Å²) in [6.45, 7) is 3.62. The van der Waals surface area contributed by atoms with Gasteiger partial charge in [-0.1, -0.05) is 24.8 Å². The first-order valence-corrected chi connectivity index (χ1v) is 5.46. The maximum atomic E-state index is 11.0. The van der Waals surface area contributed by atoms with E-state index in [1.165, 1.54) is 0 Å². The number of nitrogens with one attached hydrogen (secondary N) is 1. The molecule has 0 spiro atoms. The minimum absolute atomic E-state index is 0.0356. The first kappa shape index (κ1) is 13.8. The van der Waals surface area contributed by atoms with E-state index in [4.69, 9.17) is 10.2 Å². The Morgan fingerprint density at radius 3 is 2.33 bits per heavy atom. The smallest absolute Gasteiger partial charge is 0.326 e. The van der Waals surface area contributed by atoms with Crippen molar-refractivity contribution >= 4 is 23.7 Å². The van der Waals surface area contributed by atoms with Gasteiger partial charge in [-0.25, -0.2) is 4.79 Å². The summed E-state index contributed by atoms with van der Waals surface area (Å²) in [7, 11) is 0. The molecule has 0 heterocycles. The van der Waals surface area contributed by atoms with Crippen molar-refractivity contribution in [2.75, 3.05) is 5.32 Å². The van der Waals surface area contributed by atoms with Crippen molar-refractivity contribution in [3.05, 3.63) is 36.4 Å². The monoisotopic (exact) mass is 249 g/mol. The van der Waals surface area contributed by atoms with E-state index < -0.39 is 18.0 Å². The lowest BCUT2D eigenvalue weighted by Gasteiger charge is -2.14. The molecular weight excluding hydrogens is 234 g/mol. The Bertz CT molecular complexity index is 439. The van der Waals surface area contributed by atoms with E-state index in [1.807, 2.05) is 0 Å². The zero-order valence-electron chi connectivity index (χ0n) is 9.80. The largest absolute Gasteiger partial charge is 0.481 e. The second-order valence-corrected chi connectivity index (χ2v) is 3.79. The van der Waals surface area contributed by atoms with Crippen LogP contribution in [0.1, 0.15) is 18.4 Å². The highest BCUT2D eigenvalue weighted by Gasteiger charge is 2.18. The molecule has 0 aliphatic heterocycles. The summed E-state index contributed by atoms with van der Waals surface area (Å²) in [6, 6.07) is 6.15. The van der Waals surface area contributed by atoms with Gasteiger partial charge in [0, 0.05) is 12.1 Å². The molecule has 1 aromatic carbocycles. The summed E-state index contributed by atoms with van der Waals surface area (Å²) >= 11 is 0. The molecule has 0 aromatic heterocycles. The number of carboxylic acid groups (broad SMARTS) is 2. The van der Waals surface area contributed by atoms with Crippen molar-refractivity contribution in [2.45, 2.75) is 18.9 Å². The van der Waals surface area contributed by atoms with Gasteiger partial charge in [-0.15, -0.1) is 0 Å². The Labute approximate surface area is 105 Å². The van der Waals surface area contributed by atoms with E-state index in [2.05, 4.69) is 11.9 Å². The Morgan fingerprint density at radius 1 is 1.28 bits per heavy atom. The lowest BCUT2D eigenvalue weighted by Crippen LogP contribution is -2.29. The third-order valence-corrected chi connectivity index (χ3v) is 2.43. The lowest BCUT2D eigenvalue weighted by atomic mass is 10.1. The molecule has 5 heteroatoms. The van der Waals surface area contributed by atoms with Gasteiger partial charge in [0.25, 0.3) is 0 Å². The number of hydrogen-bond acceptors (Lipinski definition) is 3. The lowest BCUT2D eigenvalue weighted by molar-refractivity contribution is -0.139. The van der Waals surface area contributed by atoms with Crippen LogP contribution in [-0.2, 0) is 9.59 Å². The highest BCUT2D eigenvalue weighted by Crippen LogP contribution is 2.13. The predicted molar refractivity (Wildman–Crippen MR) is 68.4 cm³/mol. The number of hydrogen-bond donors (Lipinski definition) is 3. The van der Waals surface area contributed by atoms with E-state index in [0.29, 0.717) is 5.69 Å². The van der Waals surface area contributed by atoms with Gasteiger partial charge in [0.15, 0.2) is 0 Å². The van der Waals surface area contributed by atoms with E-state index in [-0.39, 0.29) is 12.8 Å². The summed E-state index contributed by atoms with van der Waals surface area (Å²) in [5.41, 5.74) is 1.57. The van der Waals surface area contributed by atoms with E-state index >= 15 is 0 Å². The number of anilines is 1. The molecule has 1 unspecified atom stereocenters. The van der Waals surface area contributed by atoms with Crippen LogP contribution in [0.4, 0.5) is 5.69 Å². The molecule has 1 atom stereocenters. The second kappa shape index (κ2) is 6.44. The Hall–Kier alpha value is -2.30. The zero-order chi connectivity index (χ0) is 13.5. The molecule has 0 fully saturated rings. The minimum atomic E-state index is -1.07. The average Bonchev–Trinajstić information content (AvgIpc) is 2.34. The molecule has 96 valence electrons. The molecule has 0 radical (unpaired) electrons. The number of carbonyl (C=O) groups is 2. The quantitative estimate of drug-likeness (QED) is 0.688. The first-order valence-electron chi connectivity index (χ1n) is 5.46. The molecule has 0 saturated heterocycles. The third kappa shape index (κ3) is 4.29. The van der Waals surface area contributed by atoms with E-state index in [1.54, 1.807) is 30.3 Å². The maximum absolute atomic E-state index is 11.0. The van der Waals surface area contributed by atoms with Gasteiger partial charge in [0.2, 0.25) is 0 Å². The Balaban J connectivity index is 2.67. The Morgan fingerprint density at radius 2 is 1.89 bits per heavy atom. The van der Waals surface area contributed by atoms with Crippen LogP contribution in [0, 0.1) is 0 Å². The van der Waals surface area contributed by atoms with Gasteiger partial charge in [0.1, 0.15) is 6.04 Å². The number of rotatable bonds is 7. The fraction of sp³-hybridized carbons (Fsp3) is 0.231. The second-order valence-electron chi connectivity index (χ2n) is 3.79. The standard InChI is InChI=1S/C13H15NO4/c1-2-9-3-5-10(6-4-9)14-11(13(17)18)7-8-12(15)16/h2-6,11,14H,1,7-8H2,(H,15,16)(H,17,18). The summed E-state index contributed by atoms with van der Waals surface area (Å²) in [5.74, 6) is -2.07. The number of carboxylic acids is 2. The van der Waals surface area contributed by atoms with Crippen LogP contribution in [0.3, 0.4) is 0 Å². The number of benzene rings is 1. The molecule has 0 amide bonds. The molecule has 0 bridgehead atoms. The molecular formula is C13H15NO4. The van der Waals surface area contributed by atoms with Gasteiger partial charge in [-0.2, -0.15) is 0 Å². The van der Waals surface area contributed by atoms with Crippen LogP contribution in [0.2, 0.25) is 0 Å². The summed E-state index contributed by atoms with van der Waals surface area (Å²) in [6.07, 6.45) is 1.53. The fourth-order valence-electron chi connectivity index (χ4n) is 1.44. The summed E-state index contributed by atoms with van der Waals surface area (Å²) in [4.78, 5) is 21.4. The van der Waals surface area contributed by atoms with Gasteiger partial charge in [-0.3, -0.25) is 4.79 Å². The van der Waals surface area contributed by atoms with Gasteiger partial charge in [0.05, 0.1) is 0 Å². The normalized spacial score (nSPS) is 11.6. The van der Waals surface area contributed by atoms with Crippen LogP contribution in [0.5, 0.6) is 0 Å². The molecule has 0 aliphatic rings. The van der Waals surface area contributed by atoms with E-state index in [9.17, 15) is 9.59 Å². The van der Waals surface area contributed by atoms with Gasteiger partial charge < -0.3 is 15.5 Å². The molecule has 1 aromatic rings. The van der Waals surface area contributed by atoms with Crippen molar-refractivity contribution < 1.29 is 19.8 Å². The molecule has 18 heavy (non-hydrogen) atoms. The zero-order valence-corrected chi connectivity index (χ0v) is 9.80. The van der Waals surface area contributed by atoms with Crippen molar-refractivity contribution in [3.63, 3.8) is 0 Å². The van der Waals surface area contributed by atoms with Gasteiger partial charge in [-0.05, 0) is 24.1 Å². The van der Waals surface area contributed by atoms with Crippen LogP contribution in [0.15, 0.2) is 30.8 Å². The van der Waals surface area contributed by atoms with E-state index in [0.717, 1.165) is 5.56 Å². The highest BCUT2D eigenvalue weighted by molar-refractivity contribution is 5.78. The predicted octanol–water partition coefficient (Wildman–Crippen LogP) is 2.06. The van der Waals surface area contributed by atoms with Crippen LogP contribution in [-0.4, -0.2) is 28.2 Å². The van der Waals surface area contributed by atoms with Crippen molar-refractivity contribution in [1.82, 2.24) is 0 Å². The fourth-order valence-corrected chi connectivity index (χ4v) is 1.44. The van der Waals surface area contributed by atoms with Crippen molar-refractivity contribution in [3.8, 4) is 0 Å². The molecule has 3 N–H and O–H groups in total. The molecule has 5 nitrogen and oxygen atoms in total. The molecule has 1 rings (SSSR count). The Kier molecular flexibility index (Phi) is 4.92. The average molecular weight is 249 g/mol. The van der Waals surface area contributed by atoms with Gasteiger partial charge >= 0.3 is 11.9 Å². The maximum Gasteiger partial charge on any atom is 0.326 e. The summed E-state index contributed by atoms with van der Waals surface area (Å²) < 4.78 is 0. The topological polar surface area (TPSA) is 86.6 Å². The van der Waals surface area contributed by atoms with Crippen molar-refractivity contribution in [1.29, 1.82) is 0 Å². The minimum Gasteiger partial charge on any atom is -0.481 e. The molecule has 0 aliphatic carbocycles. The third-order valence-electron chi connectivity index (χ3n) is 2.43. The summed E-state index contributed by atoms with van der Waals surface area (Å²) in [5, 5.41) is 20.3. The van der Waals surface area contributed by atoms with Crippen LogP contribution in [0.25, 0.3) is 6.08 Å². The highest BCUT2D eigenvalue weighted by atomic mass is 16.4. The van der Waals surface area contributed by atoms with Crippen LogP contribution >= 0.6 is 0 Å². The molecule has 0 saturated carbocycles. The van der Waals surface area contributed by atoms with Crippen LogP contribution < -0.4 is 5.32 Å². The van der Waals surface area contributed by atoms with Crippen molar-refractivity contribution in [2.24, 2.45) is 0 Å². The first-order chi connectivity index (χ1) is 8.52.